The number of aromatic nitrogens is 6. The zero-order valence-corrected chi connectivity index (χ0v) is 28.8. The molecule has 9 rings (SSSR count). The lowest BCUT2D eigenvalue weighted by Crippen LogP contribution is -2.24. The van der Waals surface area contributed by atoms with E-state index >= 15 is 0 Å². The fourth-order valence-corrected chi connectivity index (χ4v) is 8.58. The molecule has 7 heterocycles. The Labute approximate surface area is 283 Å². The first-order valence-electron chi connectivity index (χ1n) is 17.2. The van der Waals surface area contributed by atoms with Gasteiger partial charge in [-0.05, 0) is 100 Å². The summed E-state index contributed by atoms with van der Waals surface area (Å²) in [6.45, 7) is 6.98. The van der Waals surface area contributed by atoms with Gasteiger partial charge in [0.1, 0.15) is 17.2 Å². The van der Waals surface area contributed by atoms with Crippen LogP contribution < -0.4 is 0 Å². The van der Waals surface area contributed by atoms with Gasteiger partial charge >= 0.3 is 0 Å². The van der Waals surface area contributed by atoms with E-state index in [1.165, 1.54) is 48.4 Å². The summed E-state index contributed by atoms with van der Waals surface area (Å²) in [4.78, 5) is 18.4. The van der Waals surface area contributed by atoms with Crippen LogP contribution in [0, 0.1) is 11.8 Å². The fourth-order valence-electron chi connectivity index (χ4n) is 8.23. The second-order valence-electron chi connectivity index (χ2n) is 14.1. The Balaban J connectivity index is 0.000000148. The minimum atomic E-state index is -1.04. The van der Waals surface area contributed by atoms with Crippen molar-refractivity contribution in [3.05, 3.63) is 70.7 Å². The number of aryl methyl sites for hydroxylation is 2. The van der Waals surface area contributed by atoms with Crippen LogP contribution in [-0.4, -0.2) is 60.6 Å². The number of fused-ring (bicyclic) bond motifs is 6. The van der Waals surface area contributed by atoms with E-state index in [1.54, 1.807) is 26.2 Å². The summed E-state index contributed by atoms with van der Waals surface area (Å²) in [6.07, 6.45) is 12.8. The highest BCUT2D eigenvalue weighted by Gasteiger charge is 2.34. The van der Waals surface area contributed by atoms with E-state index in [-0.39, 0.29) is 0 Å². The molecule has 47 heavy (non-hydrogen) atoms. The maximum Gasteiger partial charge on any atom is 0.159 e. The number of benzene rings is 2. The van der Waals surface area contributed by atoms with Gasteiger partial charge in [-0.1, -0.05) is 22.0 Å². The molecule has 2 atom stereocenters. The maximum atomic E-state index is 10.1. The molecular formula is C37H43BrN6O3. The molecule has 2 saturated heterocycles. The van der Waals surface area contributed by atoms with Gasteiger partial charge in [0.2, 0.25) is 0 Å². The van der Waals surface area contributed by atoms with Gasteiger partial charge in [-0.3, -0.25) is 0 Å². The molecule has 10 heteroatoms. The molecule has 0 bridgehead atoms. The topological polar surface area (TPSA) is 100 Å². The maximum absolute atomic E-state index is 10.1. The van der Waals surface area contributed by atoms with Crippen LogP contribution in [0.1, 0.15) is 81.9 Å². The molecule has 3 aromatic heterocycles. The minimum Gasteiger partial charge on any atom is -0.382 e. The van der Waals surface area contributed by atoms with Gasteiger partial charge in [0.15, 0.2) is 5.82 Å². The van der Waals surface area contributed by atoms with Crippen molar-refractivity contribution >= 4 is 38.0 Å². The van der Waals surface area contributed by atoms with Crippen LogP contribution in [-0.2, 0) is 27.9 Å². The molecule has 2 fully saturated rings. The smallest absolute Gasteiger partial charge is 0.159 e. The first-order valence-corrected chi connectivity index (χ1v) is 18.0. The molecule has 4 aliphatic heterocycles. The van der Waals surface area contributed by atoms with Crippen molar-refractivity contribution in [2.75, 3.05) is 26.4 Å². The van der Waals surface area contributed by atoms with E-state index in [4.69, 9.17) is 19.4 Å². The van der Waals surface area contributed by atoms with Crippen molar-refractivity contribution in [2.24, 2.45) is 11.8 Å². The first-order chi connectivity index (χ1) is 22.8. The highest BCUT2D eigenvalue weighted by atomic mass is 79.9. The molecule has 0 saturated carbocycles. The van der Waals surface area contributed by atoms with Crippen LogP contribution in [0.2, 0.25) is 0 Å². The van der Waals surface area contributed by atoms with Crippen LogP contribution in [0.5, 0.6) is 0 Å². The second kappa shape index (κ2) is 12.7. The van der Waals surface area contributed by atoms with E-state index in [0.29, 0.717) is 23.8 Å². The molecule has 0 spiro atoms. The van der Waals surface area contributed by atoms with Gasteiger partial charge < -0.3 is 23.7 Å². The average Bonchev–Trinajstić information content (AvgIpc) is 3.86. The third kappa shape index (κ3) is 6.03. The predicted molar refractivity (Wildman–Crippen MR) is 185 cm³/mol. The van der Waals surface area contributed by atoms with E-state index in [2.05, 4.69) is 71.4 Å². The number of ether oxygens (including phenoxy) is 2. The lowest BCUT2D eigenvalue weighted by molar-refractivity contribution is 0.0503. The van der Waals surface area contributed by atoms with Gasteiger partial charge in [0, 0.05) is 73.8 Å². The van der Waals surface area contributed by atoms with Gasteiger partial charge in [-0.15, -0.1) is 0 Å². The van der Waals surface area contributed by atoms with E-state index in [9.17, 15) is 5.11 Å². The van der Waals surface area contributed by atoms with Crippen molar-refractivity contribution in [3.8, 4) is 11.1 Å². The summed E-state index contributed by atoms with van der Waals surface area (Å²) in [5.74, 6) is 4.33. The lowest BCUT2D eigenvalue weighted by atomic mass is 9.90. The number of nitrogens with zero attached hydrogens (tertiary/aromatic N) is 6. The van der Waals surface area contributed by atoms with Crippen LogP contribution in [0.4, 0.5) is 0 Å². The van der Waals surface area contributed by atoms with Gasteiger partial charge in [-0.25, -0.2) is 19.9 Å². The van der Waals surface area contributed by atoms with Gasteiger partial charge in [0.05, 0.1) is 22.1 Å². The number of imidazole rings is 2. The molecule has 1 N–H and O–H groups in total. The molecule has 2 unspecified atom stereocenters. The summed E-state index contributed by atoms with van der Waals surface area (Å²) < 4.78 is 17.2. The number of rotatable bonds is 4. The number of aliphatic hydroxyl groups is 1. The monoisotopic (exact) mass is 698 g/mol. The van der Waals surface area contributed by atoms with Crippen molar-refractivity contribution in [1.82, 2.24) is 29.1 Å². The number of hydrogen-bond donors (Lipinski definition) is 1. The largest absolute Gasteiger partial charge is 0.382 e. The standard InChI is InChI=1S/C22H26N4O2.C15H17BrN2O/c1-22(2,27)21-23-12-16(13-24-21)15-3-4-17-19(11-15)26-18(5-6-20(26)25-17)14-7-9-28-10-8-14;16-11-1-2-12-14(9-11)18-13(3-4-15(18)17-12)10-5-7-19-8-6-10/h3-4,11-14,18,27H,5-10H2,1-2H3;1-2,9-10,13H,3-8H2. The Bertz CT molecular complexity index is 1880. The van der Waals surface area contributed by atoms with E-state index in [1.807, 2.05) is 0 Å². The van der Waals surface area contributed by atoms with Crippen LogP contribution in [0.3, 0.4) is 0 Å². The van der Waals surface area contributed by atoms with E-state index < -0.39 is 5.60 Å². The fraction of sp³-hybridized carbons (Fsp3) is 0.514. The summed E-state index contributed by atoms with van der Waals surface area (Å²) in [7, 11) is 0. The van der Waals surface area contributed by atoms with Crippen molar-refractivity contribution < 1.29 is 14.6 Å². The third-order valence-electron chi connectivity index (χ3n) is 10.6. The molecule has 9 nitrogen and oxygen atoms in total. The van der Waals surface area contributed by atoms with Crippen molar-refractivity contribution in [2.45, 2.75) is 82.9 Å². The molecule has 246 valence electrons. The van der Waals surface area contributed by atoms with Crippen LogP contribution >= 0.6 is 15.9 Å². The Kier molecular flexibility index (Phi) is 8.40. The Morgan fingerprint density at radius 3 is 1.74 bits per heavy atom. The number of halogens is 1. The highest BCUT2D eigenvalue weighted by molar-refractivity contribution is 9.10. The molecule has 0 aliphatic carbocycles. The Hall–Kier alpha value is -3.18. The SMILES string of the molecule is Brc1ccc2nc3n(c2c1)C(C1CCOCC1)CC3.CC(C)(O)c1ncc(-c2ccc3nc4n(c3c2)C(C2CCOCC2)CC4)cn1. The zero-order valence-electron chi connectivity index (χ0n) is 27.2. The normalized spacial score (nSPS) is 22.0. The highest BCUT2D eigenvalue weighted by Crippen LogP contribution is 2.41. The minimum absolute atomic E-state index is 0.433. The van der Waals surface area contributed by atoms with Gasteiger partial charge in [0.25, 0.3) is 0 Å². The summed E-state index contributed by atoms with van der Waals surface area (Å²) in [5, 5.41) is 10.1. The van der Waals surface area contributed by atoms with Gasteiger partial charge in [-0.2, -0.15) is 0 Å². The number of hydrogen-bond acceptors (Lipinski definition) is 7. The Morgan fingerprint density at radius 1 is 0.702 bits per heavy atom. The molecule has 0 amide bonds. The first kappa shape index (κ1) is 31.1. The second-order valence-corrected chi connectivity index (χ2v) is 15.0. The van der Waals surface area contributed by atoms with Crippen molar-refractivity contribution in [1.29, 1.82) is 0 Å². The molecule has 4 aliphatic rings. The van der Waals surface area contributed by atoms with Crippen LogP contribution in [0.15, 0.2) is 53.3 Å². The summed E-state index contributed by atoms with van der Waals surface area (Å²) in [6, 6.07) is 13.9. The summed E-state index contributed by atoms with van der Waals surface area (Å²) >= 11 is 3.58. The lowest BCUT2D eigenvalue weighted by Gasteiger charge is -2.29. The third-order valence-corrected chi connectivity index (χ3v) is 11.1. The summed E-state index contributed by atoms with van der Waals surface area (Å²) in [5.41, 5.74) is 5.68. The molecule has 5 aromatic rings. The molecular weight excluding hydrogens is 656 g/mol. The zero-order chi connectivity index (χ0) is 32.1. The Morgan fingerprint density at radius 2 is 1.21 bits per heavy atom. The molecule has 0 radical (unpaired) electrons. The molecule has 2 aromatic carbocycles. The quantitative estimate of drug-likeness (QED) is 0.210. The van der Waals surface area contributed by atoms with Crippen molar-refractivity contribution in [3.63, 3.8) is 0 Å². The van der Waals surface area contributed by atoms with Crippen LogP contribution in [0.25, 0.3) is 33.2 Å². The van der Waals surface area contributed by atoms with E-state index in [0.717, 1.165) is 84.7 Å². The predicted octanol–water partition coefficient (Wildman–Crippen LogP) is 7.35. The average molecular weight is 700 g/mol.